The second kappa shape index (κ2) is 8.76. The Kier molecular flexibility index (Phi) is 5.72. The number of pyridine rings is 1. The maximum atomic E-state index is 12.8. The number of benzene rings is 1. The zero-order valence-electron chi connectivity index (χ0n) is 16.5. The van der Waals surface area contributed by atoms with Crippen LogP contribution in [0.4, 0.5) is 5.69 Å². The molecule has 1 saturated heterocycles. The normalized spacial score (nSPS) is 15.9. The van der Waals surface area contributed by atoms with Gasteiger partial charge in [0.2, 0.25) is 0 Å². The van der Waals surface area contributed by atoms with Gasteiger partial charge in [-0.3, -0.25) is 4.79 Å². The van der Waals surface area contributed by atoms with E-state index in [2.05, 4.69) is 15.4 Å². The average Bonchev–Trinajstić information content (AvgIpc) is 3.30. The number of nitrogens with zero attached hydrogens (tertiary/aromatic N) is 4. The Labute approximate surface area is 174 Å². The van der Waals surface area contributed by atoms with Crippen molar-refractivity contribution in [3.05, 3.63) is 59.9 Å². The van der Waals surface area contributed by atoms with E-state index in [0.29, 0.717) is 29.3 Å². The second-order valence-corrected chi connectivity index (χ2v) is 6.87. The predicted octanol–water partition coefficient (Wildman–Crippen LogP) is 3.78. The van der Waals surface area contributed by atoms with E-state index in [-0.39, 0.29) is 17.8 Å². The fourth-order valence-corrected chi connectivity index (χ4v) is 3.42. The highest BCUT2D eigenvalue weighted by Crippen LogP contribution is 2.28. The number of carbonyl (C=O) groups excluding carboxylic acids is 1. The van der Waals surface area contributed by atoms with Gasteiger partial charge in [-0.2, -0.15) is 10.4 Å². The van der Waals surface area contributed by atoms with E-state index in [0.717, 1.165) is 25.0 Å². The summed E-state index contributed by atoms with van der Waals surface area (Å²) in [6.45, 7) is 0.715. The lowest BCUT2D eigenvalue weighted by molar-refractivity contribution is -0.0384. The number of hydrogen-bond acceptors (Lipinski definition) is 6. The van der Waals surface area contributed by atoms with Crippen molar-refractivity contribution in [3.8, 4) is 23.2 Å². The van der Waals surface area contributed by atoms with Crippen LogP contribution in [0.15, 0.2) is 48.7 Å². The van der Waals surface area contributed by atoms with Gasteiger partial charge >= 0.3 is 0 Å². The van der Waals surface area contributed by atoms with Gasteiger partial charge in [0.15, 0.2) is 6.23 Å². The number of amides is 1. The number of ether oxygens (including phenoxy) is 2. The Balaban J connectivity index is 1.58. The summed E-state index contributed by atoms with van der Waals surface area (Å²) < 4.78 is 12.9. The third-order valence-corrected chi connectivity index (χ3v) is 4.92. The van der Waals surface area contributed by atoms with Crippen LogP contribution in [0.25, 0.3) is 11.4 Å². The van der Waals surface area contributed by atoms with Gasteiger partial charge in [0.05, 0.1) is 35.8 Å². The Hall–Kier alpha value is -3.70. The molecule has 0 bridgehead atoms. The number of hydrogen-bond donors (Lipinski definition) is 1. The van der Waals surface area contributed by atoms with Gasteiger partial charge in [0, 0.05) is 18.9 Å². The zero-order valence-corrected chi connectivity index (χ0v) is 16.5. The first kappa shape index (κ1) is 19.6. The maximum Gasteiger partial charge on any atom is 0.274 e. The summed E-state index contributed by atoms with van der Waals surface area (Å²) in [5.41, 5.74) is 2.61. The van der Waals surface area contributed by atoms with E-state index in [1.54, 1.807) is 36.5 Å². The maximum absolute atomic E-state index is 12.8. The van der Waals surface area contributed by atoms with E-state index in [1.807, 2.05) is 22.9 Å². The largest absolute Gasteiger partial charge is 0.495 e. The van der Waals surface area contributed by atoms with Gasteiger partial charge in [0.1, 0.15) is 11.4 Å². The van der Waals surface area contributed by atoms with Crippen molar-refractivity contribution in [2.45, 2.75) is 25.5 Å². The third-order valence-electron chi connectivity index (χ3n) is 4.92. The molecule has 8 nitrogen and oxygen atoms in total. The van der Waals surface area contributed by atoms with Crippen LogP contribution in [0.3, 0.4) is 0 Å². The van der Waals surface area contributed by atoms with Crippen LogP contribution >= 0.6 is 0 Å². The highest BCUT2D eigenvalue weighted by Gasteiger charge is 2.21. The Morgan fingerprint density at radius 3 is 2.97 bits per heavy atom. The lowest BCUT2D eigenvalue weighted by Crippen LogP contribution is -2.20. The average molecular weight is 403 g/mol. The molecule has 0 radical (unpaired) electrons. The standard InChI is InChI=1S/C22H21N5O3/c1-29-20-13-15(14-23)8-9-17(20)26-22(28)18-6-4-5-16(25-18)19-10-11-24-27(19)21-7-2-3-12-30-21/h4-6,8-11,13,21H,2-3,7,12H2,1H3,(H,26,28). The lowest BCUT2D eigenvalue weighted by Gasteiger charge is -2.24. The number of anilines is 1. The molecule has 1 amide bonds. The van der Waals surface area contributed by atoms with Crippen molar-refractivity contribution in [2.75, 3.05) is 19.0 Å². The van der Waals surface area contributed by atoms with Gasteiger partial charge in [-0.15, -0.1) is 0 Å². The molecular weight excluding hydrogens is 382 g/mol. The minimum absolute atomic E-state index is 0.119. The highest BCUT2D eigenvalue weighted by atomic mass is 16.5. The quantitative estimate of drug-likeness (QED) is 0.696. The Morgan fingerprint density at radius 1 is 1.30 bits per heavy atom. The number of nitriles is 1. The first-order valence-corrected chi connectivity index (χ1v) is 9.71. The SMILES string of the molecule is COc1cc(C#N)ccc1NC(=O)c1cccc(-c2ccnn2C2CCCCO2)n1. The topological polar surface area (TPSA) is 102 Å². The summed E-state index contributed by atoms with van der Waals surface area (Å²) in [4.78, 5) is 17.3. The number of aromatic nitrogens is 3. The summed E-state index contributed by atoms with van der Waals surface area (Å²) in [7, 11) is 1.49. The number of nitrogens with one attached hydrogen (secondary N) is 1. The molecule has 3 heterocycles. The molecule has 8 heteroatoms. The molecule has 152 valence electrons. The molecule has 1 aliphatic rings. The van der Waals surface area contributed by atoms with Crippen LogP contribution in [0.1, 0.15) is 41.5 Å². The highest BCUT2D eigenvalue weighted by molar-refractivity contribution is 6.04. The summed E-state index contributed by atoms with van der Waals surface area (Å²) >= 11 is 0. The molecule has 1 aromatic carbocycles. The smallest absolute Gasteiger partial charge is 0.274 e. The van der Waals surface area contributed by atoms with Gasteiger partial charge in [-0.25, -0.2) is 9.67 Å². The van der Waals surface area contributed by atoms with Crippen molar-refractivity contribution in [1.29, 1.82) is 5.26 Å². The first-order valence-electron chi connectivity index (χ1n) is 9.71. The van der Waals surface area contributed by atoms with Crippen molar-refractivity contribution >= 4 is 11.6 Å². The molecule has 2 aromatic heterocycles. The van der Waals surface area contributed by atoms with E-state index >= 15 is 0 Å². The fraction of sp³-hybridized carbons (Fsp3) is 0.273. The minimum atomic E-state index is -0.375. The molecule has 4 rings (SSSR count). The second-order valence-electron chi connectivity index (χ2n) is 6.87. The van der Waals surface area contributed by atoms with Crippen molar-refractivity contribution < 1.29 is 14.3 Å². The Morgan fingerprint density at radius 2 is 2.20 bits per heavy atom. The van der Waals surface area contributed by atoms with E-state index in [1.165, 1.54) is 7.11 Å². The summed E-state index contributed by atoms with van der Waals surface area (Å²) in [6.07, 6.45) is 4.63. The summed E-state index contributed by atoms with van der Waals surface area (Å²) in [6, 6.07) is 14.0. The van der Waals surface area contributed by atoms with Crippen LogP contribution in [0, 0.1) is 11.3 Å². The van der Waals surface area contributed by atoms with Crippen LogP contribution in [0.2, 0.25) is 0 Å². The first-order chi connectivity index (χ1) is 14.7. The van der Waals surface area contributed by atoms with Gasteiger partial charge < -0.3 is 14.8 Å². The summed E-state index contributed by atoms with van der Waals surface area (Å²) in [5, 5.41) is 16.2. The molecule has 1 aliphatic heterocycles. The van der Waals surface area contributed by atoms with Crippen LogP contribution < -0.4 is 10.1 Å². The van der Waals surface area contributed by atoms with Gasteiger partial charge in [-0.05, 0) is 49.6 Å². The van der Waals surface area contributed by atoms with E-state index in [9.17, 15) is 4.79 Å². The molecule has 0 saturated carbocycles. The van der Waals surface area contributed by atoms with Crippen LogP contribution in [0.5, 0.6) is 5.75 Å². The molecule has 1 N–H and O–H groups in total. The zero-order chi connectivity index (χ0) is 20.9. The molecule has 0 spiro atoms. The molecule has 1 atom stereocenters. The third kappa shape index (κ3) is 4.02. The Bertz CT molecular complexity index is 1100. The monoisotopic (exact) mass is 403 g/mol. The van der Waals surface area contributed by atoms with Crippen LogP contribution in [-0.4, -0.2) is 34.4 Å². The number of methoxy groups -OCH3 is 1. The molecule has 1 fully saturated rings. The molecular formula is C22H21N5O3. The molecule has 0 aliphatic carbocycles. The minimum Gasteiger partial charge on any atom is -0.495 e. The fourth-order valence-electron chi connectivity index (χ4n) is 3.42. The van der Waals surface area contributed by atoms with Crippen molar-refractivity contribution in [1.82, 2.24) is 14.8 Å². The van der Waals surface area contributed by atoms with Crippen molar-refractivity contribution in [3.63, 3.8) is 0 Å². The van der Waals surface area contributed by atoms with Gasteiger partial charge in [0.25, 0.3) is 5.91 Å². The van der Waals surface area contributed by atoms with Crippen molar-refractivity contribution in [2.24, 2.45) is 0 Å². The van der Waals surface area contributed by atoms with E-state index < -0.39 is 0 Å². The number of rotatable bonds is 5. The number of carbonyl (C=O) groups is 1. The molecule has 30 heavy (non-hydrogen) atoms. The lowest BCUT2D eigenvalue weighted by atomic mass is 10.1. The summed E-state index contributed by atoms with van der Waals surface area (Å²) in [5.74, 6) is 0.0333. The van der Waals surface area contributed by atoms with Gasteiger partial charge in [-0.1, -0.05) is 6.07 Å². The van der Waals surface area contributed by atoms with E-state index in [4.69, 9.17) is 14.7 Å². The predicted molar refractivity (Wildman–Crippen MR) is 110 cm³/mol. The molecule has 3 aromatic rings. The van der Waals surface area contributed by atoms with Crippen LogP contribution in [-0.2, 0) is 4.74 Å². The molecule has 1 unspecified atom stereocenters.